The zero-order valence-corrected chi connectivity index (χ0v) is 12.9. The maximum absolute atomic E-state index is 12.3. The maximum Gasteiger partial charge on any atom is 0.286 e. The number of hydrogen-bond acceptors (Lipinski definition) is 4. The number of aromatic nitrogens is 2. The molecule has 0 aliphatic carbocycles. The van der Waals surface area contributed by atoms with Crippen molar-refractivity contribution < 1.29 is 0 Å². The summed E-state index contributed by atoms with van der Waals surface area (Å²) in [5.41, 5.74) is 0.605. The molecule has 0 atom stereocenters. The minimum atomic E-state index is -0.132. The molecule has 0 saturated heterocycles. The first-order chi connectivity index (χ1) is 8.63. The molecule has 1 aromatic carbocycles. The Morgan fingerprint density at radius 1 is 1.50 bits per heavy atom. The average Bonchev–Trinajstić information content (AvgIpc) is 2.34. The van der Waals surface area contributed by atoms with Gasteiger partial charge in [0.25, 0.3) is 5.56 Å². The molecule has 0 fully saturated rings. The number of thiol groups is 1. The maximum atomic E-state index is 12.3. The van der Waals surface area contributed by atoms with Gasteiger partial charge < -0.3 is 0 Å². The molecule has 0 aliphatic rings. The van der Waals surface area contributed by atoms with Crippen LogP contribution >= 0.6 is 40.3 Å². The lowest BCUT2D eigenvalue weighted by molar-refractivity contribution is 0.756. The van der Waals surface area contributed by atoms with E-state index in [2.05, 4.69) is 33.7 Å². The van der Waals surface area contributed by atoms with Gasteiger partial charge in [-0.15, -0.1) is 24.4 Å². The minimum Gasteiger partial charge on any atom is -0.266 e. The molecule has 18 heavy (non-hydrogen) atoms. The van der Waals surface area contributed by atoms with Crippen LogP contribution < -0.4 is 5.56 Å². The fraction of sp³-hybridized carbons (Fsp3) is 0.167. The SMILES string of the molecule is CCSc1c(S)cnn(-c2cccc(Br)c2)c1=O. The Labute approximate surface area is 123 Å². The number of thioether (sulfide) groups is 1. The standard InChI is InChI=1S/C12H11BrN2OS2/c1-2-18-11-10(17)7-14-15(12(11)16)9-5-3-4-8(13)6-9/h3-7,17H,2H2,1H3. The monoisotopic (exact) mass is 342 g/mol. The highest BCUT2D eigenvalue weighted by molar-refractivity contribution is 9.10. The molecule has 2 aromatic rings. The average molecular weight is 343 g/mol. The first-order valence-corrected chi connectivity index (χ1v) is 7.56. The third-order valence-corrected chi connectivity index (χ3v) is 4.21. The van der Waals surface area contributed by atoms with E-state index in [0.717, 1.165) is 15.9 Å². The van der Waals surface area contributed by atoms with Crippen LogP contribution in [-0.2, 0) is 0 Å². The second-order valence-corrected chi connectivity index (χ2v) is 6.16. The Morgan fingerprint density at radius 2 is 2.28 bits per heavy atom. The van der Waals surface area contributed by atoms with Gasteiger partial charge in [0.05, 0.1) is 16.8 Å². The van der Waals surface area contributed by atoms with Gasteiger partial charge in [0, 0.05) is 9.37 Å². The van der Waals surface area contributed by atoms with Crippen LogP contribution in [0.2, 0.25) is 0 Å². The minimum absolute atomic E-state index is 0.132. The van der Waals surface area contributed by atoms with Crippen LogP contribution in [0.4, 0.5) is 0 Å². The largest absolute Gasteiger partial charge is 0.286 e. The summed E-state index contributed by atoms with van der Waals surface area (Å²) in [6.45, 7) is 2.00. The zero-order valence-electron chi connectivity index (χ0n) is 9.63. The van der Waals surface area contributed by atoms with Crippen LogP contribution in [0, 0.1) is 0 Å². The van der Waals surface area contributed by atoms with Gasteiger partial charge in [-0.25, -0.2) is 0 Å². The molecule has 0 N–H and O–H groups in total. The summed E-state index contributed by atoms with van der Waals surface area (Å²) in [5.74, 6) is 0.825. The third kappa shape index (κ3) is 2.81. The summed E-state index contributed by atoms with van der Waals surface area (Å²) in [4.78, 5) is 13.6. The van der Waals surface area contributed by atoms with E-state index in [1.807, 2.05) is 31.2 Å². The van der Waals surface area contributed by atoms with E-state index in [0.29, 0.717) is 9.79 Å². The normalized spacial score (nSPS) is 10.6. The molecule has 0 spiro atoms. The zero-order chi connectivity index (χ0) is 13.1. The van der Waals surface area contributed by atoms with Crippen molar-refractivity contribution in [1.29, 1.82) is 0 Å². The van der Waals surface area contributed by atoms with E-state index in [4.69, 9.17) is 0 Å². The molecule has 0 aliphatic heterocycles. The van der Waals surface area contributed by atoms with Crippen LogP contribution in [0.3, 0.4) is 0 Å². The lowest BCUT2D eigenvalue weighted by Gasteiger charge is -2.08. The first kappa shape index (κ1) is 13.7. The van der Waals surface area contributed by atoms with Gasteiger partial charge in [0.1, 0.15) is 0 Å². The lowest BCUT2D eigenvalue weighted by Crippen LogP contribution is -2.22. The Morgan fingerprint density at radius 3 is 2.94 bits per heavy atom. The van der Waals surface area contributed by atoms with Gasteiger partial charge in [-0.3, -0.25) is 4.79 Å². The lowest BCUT2D eigenvalue weighted by atomic mass is 10.3. The topological polar surface area (TPSA) is 34.9 Å². The second-order valence-electron chi connectivity index (χ2n) is 3.49. The summed E-state index contributed by atoms with van der Waals surface area (Å²) in [6.07, 6.45) is 1.60. The fourth-order valence-electron chi connectivity index (χ4n) is 1.50. The molecule has 0 amide bonds. The van der Waals surface area contributed by atoms with Crippen LogP contribution in [0.25, 0.3) is 5.69 Å². The summed E-state index contributed by atoms with van der Waals surface area (Å²) in [5, 5.41) is 4.13. The highest BCUT2D eigenvalue weighted by Gasteiger charge is 2.10. The predicted molar refractivity (Wildman–Crippen MR) is 81.2 cm³/mol. The van der Waals surface area contributed by atoms with Gasteiger partial charge in [0.2, 0.25) is 0 Å². The number of halogens is 1. The van der Waals surface area contributed by atoms with Crippen LogP contribution in [-0.4, -0.2) is 15.5 Å². The van der Waals surface area contributed by atoms with Crippen LogP contribution in [0.1, 0.15) is 6.92 Å². The molecule has 0 unspecified atom stereocenters. The van der Waals surface area contributed by atoms with E-state index in [-0.39, 0.29) is 5.56 Å². The number of rotatable bonds is 3. The third-order valence-electron chi connectivity index (χ3n) is 2.26. The van der Waals surface area contributed by atoms with E-state index >= 15 is 0 Å². The Balaban J connectivity index is 2.59. The predicted octanol–water partition coefficient (Wildman–Crippen LogP) is 3.40. The van der Waals surface area contributed by atoms with Crippen LogP contribution in [0.15, 0.2) is 49.5 Å². The number of hydrogen-bond donors (Lipinski definition) is 1. The molecule has 6 heteroatoms. The molecule has 2 rings (SSSR count). The van der Waals surface area contributed by atoms with Crippen molar-refractivity contribution in [3.63, 3.8) is 0 Å². The Kier molecular flexibility index (Phi) is 4.53. The van der Waals surface area contributed by atoms with Crippen molar-refractivity contribution in [2.24, 2.45) is 0 Å². The van der Waals surface area contributed by atoms with Crippen molar-refractivity contribution in [2.45, 2.75) is 16.7 Å². The van der Waals surface area contributed by atoms with Crippen LogP contribution in [0.5, 0.6) is 0 Å². The number of nitrogens with zero attached hydrogens (tertiary/aromatic N) is 2. The molecule has 0 radical (unpaired) electrons. The molecule has 0 bridgehead atoms. The quantitative estimate of drug-likeness (QED) is 0.685. The first-order valence-electron chi connectivity index (χ1n) is 5.33. The van der Waals surface area contributed by atoms with E-state index in [1.54, 1.807) is 6.20 Å². The van der Waals surface area contributed by atoms with Gasteiger partial charge >= 0.3 is 0 Å². The van der Waals surface area contributed by atoms with Crippen molar-refractivity contribution in [1.82, 2.24) is 9.78 Å². The summed E-state index contributed by atoms with van der Waals surface area (Å²) < 4.78 is 2.30. The fourth-order valence-corrected chi connectivity index (χ4v) is 2.93. The summed E-state index contributed by atoms with van der Waals surface area (Å²) in [7, 11) is 0. The van der Waals surface area contributed by atoms with Crippen molar-refractivity contribution in [3.05, 3.63) is 45.3 Å². The second kappa shape index (κ2) is 5.95. The smallest absolute Gasteiger partial charge is 0.266 e. The molecular formula is C12H11BrN2OS2. The summed E-state index contributed by atoms with van der Waals surface area (Å²) >= 11 is 9.14. The van der Waals surface area contributed by atoms with E-state index in [9.17, 15) is 4.79 Å². The highest BCUT2D eigenvalue weighted by Crippen LogP contribution is 2.21. The number of benzene rings is 1. The molecule has 1 heterocycles. The molecular weight excluding hydrogens is 332 g/mol. The van der Waals surface area contributed by atoms with Crippen molar-refractivity contribution in [2.75, 3.05) is 5.75 Å². The molecule has 1 aromatic heterocycles. The highest BCUT2D eigenvalue weighted by atomic mass is 79.9. The van der Waals surface area contributed by atoms with Crippen molar-refractivity contribution >= 4 is 40.3 Å². The molecule has 0 saturated carbocycles. The van der Waals surface area contributed by atoms with Gasteiger partial charge in [0.15, 0.2) is 0 Å². The van der Waals surface area contributed by atoms with Gasteiger partial charge in [-0.05, 0) is 24.0 Å². The molecule has 3 nitrogen and oxygen atoms in total. The Hall–Kier alpha value is -0.720. The van der Waals surface area contributed by atoms with Crippen molar-refractivity contribution in [3.8, 4) is 5.69 Å². The van der Waals surface area contributed by atoms with E-state index < -0.39 is 0 Å². The Bertz CT molecular complexity index is 628. The molecule has 94 valence electrons. The van der Waals surface area contributed by atoms with Gasteiger partial charge in [-0.1, -0.05) is 28.9 Å². The summed E-state index contributed by atoms with van der Waals surface area (Å²) in [6, 6.07) is 7.47. The van der Waals surface area contributed by atoms with E-state index in [1.165, 1.54) is 16.4 Å². The van der Waals surface area contributed by atoms with Gasteiger partial charge in [-0.2, -0.15) is 9.78 Å².